The fourth-order valence-electron chi connectivity index (χ4n) is 1.46. The highest BCUT2D eigenvalue weighted by Crippen LogP contribution is 2.20. The zero-order valence-electron chi connectivity index (χ0n) is 8.14. The van der Waals surface area contributed by atoms with E-state index < -0.39 is 0 Å². The monoisotopic (exact) mass is 239 g/mol. The molecule has 15 heavy (non-hydrogen) atoms. The molecule has 1 aromatic heterocycles. The second-order valence-corrected chi connectivity index (χ2v) is 4.12. The lowest BCUT2D eigenvalue weighted by molar-refractivity contribution is 0.628. The molecule has 1 atom stereocenters. The minimum absolute atomic E-state index is 0.134. The molecule has 0 fully saturated rings. The third-order valence-corrected chi connectivity index (χ3v) is 2.86. The number of hydrogen-bond acceptors (Lipinski definition) is 2. The van der Waals surface area contributed by atoms with Gasteiger partial charge in [-0.1, -0.05) is 23.7 Å². The van der Waals surface area contributed by atoms with Crippen molar-refractivity contribution in [3.8, 4) is 0 Å². The quantitative estimate of drug-likeness (QED) is 0.817. The highest BCUT2D eigenvalue weighted by atomic mass is 35.5. The molecule has 2 rings (SSSR count). The van der Waals surface area contributed by atoms with Crippen LogP contribution in [-0.2, 0) is 0 Å². The third kappa shape index (κ3) is 2.11. The molecule has 0 spiro atoms. The van der Waals surface area contributed by atoms with Crippen LogP contribution in [0.4, 0.5) is 0 Å². The second kappa shape index (κ2) is 4.16. The first-order valence-electron chi connectivity index (χ1n) is 4.55. The average Bonchev–Trinajstić information content (AvgIpc) is 2.63. The minimum Gasteiger partial charge on any atom is -0.299 e. The summed E-state index contributed by atoms with van der Waals surface area (Å²) in [4.78, 5) is 0. The molecule has 3 nitrogen and oxygen atoms in total. The Labute approximate surface area is 97.7 Å². The fourth-order valence-corrected chi connectivity index (χ4v) is 1.92. The summed E-state index contributed by atoms with van der Waals surface area (Å²) in [6.07, 6.45) is 1.69. The van der Waals surface area contributed by atoms with E-state index >= 15 is 0 Å². The van der Waals surface area contributed by atoms with E-state index in [4.69, 9.17) is 23.8 Å². The summed E-state index contributed by atoms with van der Waals surface area (Å²) in [5.41, 5.74) is 1.11. The molecule has 78 valence electrons. The van der Waals surface area contributed by atoms with Crippen LogP contribution in [0.3, 0.4) is 0 Å². The van der Waals surface area contributed by atoms with Gasteiger partial charge in [0.05, 0.1) is 6.04 Å². The maximum absolute atomic E-state index is 5.93. The molecular weight excluding hydrogens is 230 g/mol. The van der Waals surface area contributed by atoms with Gasteiger partial charge in [-0.2, -0.15) is 5.10 Å². The number of hydrogen-bond donors (Lipinski definition) is 1. The molecule has 0 aliphatic rings. The standard InChI is InChI=1S/C10H10ClN3S/c1-7(14-6-12-13-10(14)15)8-3-2-4-9(11)5-8/h2-7H,1H3,(H,13,15). The van der Waals surface area contributed by atoms with Crippen LogP contribution < -0.4 is 0 Å². The van der Waals surface area contributed by atoms with Crippen molar-refractivity contribution < 1.29 is 0 Å². The first-order valence-corrected chi connectivity index (χ1v) is 5.34. The van der Waals surface area contributed by atoms with E-state index in [1.165, 1.54) is 0 Å². The molecule has 1 N–H and O–H groups in total. The summed E-state index contributed by atoms with van der Waals surface area (Å²) in [5.74, 6) is 0. The lowest BCUT2D eigenvalue weighted by atomic mass is 10.1. The number of rotatable bonds is 2. The Balaban J connectivity index is 2.41. The number of H-pyrrole nitrogens is 1. The number of nitrogens with zero attached hydrogens (tertiary/aromatic N) is 2. The van der Waals surface area contributed by atoms with Crippen molar-refractivity contribution in [2.75, 3.05) is 0 Å². The Bertz CT molecular complexity index is 517. The highest BCUT2D eigenvalue weighted by molar-refractivity contribution is 7.71. The summed E-state index contributed by atoms with van der Waals surface area (Å²) in [5, 5.41) is 7.35. The SMILES string of the molecule is CC(c1cccc(Cl)c1)n1cn[nH]c1=S. The molecule has 0 saturated heterocycles. The number of halogens is 1. The molecule has 5 heteroatoms. The molecule has 1 heterocycles. The molecule has 0 aliphatic carbocycles. The largest absolute Gasteiger partial charge is 0.299 e. The van der Waals surface area contributed by atoms with Crippen LogP contribution in [0.1, 0.15) is 18.5 Å². The van der Waals surface area contributed by atoms with Gasteiger partial charge in [-0.25, -0.2) is 0 Å². The zero-order valence-corrected chi connectivity index (χ0v) is 9.72. The van der Waals surface area contributed by atoms with E-state index in [1.54, 1.807) is 6.33 Å². The van der Waals surface area contributed by atoms with Crippen LogP contribution in [0.25, 0.3) is 0 Å². The van der Waals surface area contributed by atoms with Crippen LogP contribution in [0, 0.1) is 4.77 Å². The van der Waals surface area contributed by atoms with Gasteiger partial charge >= 0.3 is 0 Å². The summed E-state index contributed by atoms with van der Waals surface area (Å²) < 4.78 is 2.50. The van der Waals surface area contributed by atoms with Gasteiger partial charge in [0.1, 0.15) is 6.33 Å². The summed E-state index contributed by atoms with van der Waals surface area (Å²) in [6, 6.07) is 7.87. The lowest BCUT2D eigenvalue weighted by Crippen LogP contribution is -2.05. The maximum atomic E-state index is 5.93. The molecule has 0 amide bonds. The Morgan fingerprint density at radius 3 is 2.93 bits per heavy atom. The van der Waals surface area contributed by atoms with Crippen LogP contribution in [0.15, 0.2) is 30.6 Å². The van der Waals surface area contributed by atoms with Crippen molar-refractivity contribution in [2.45, 2.75) is 13.0 Å². The van der Waals surface area contributed by atoms with Gasteiger partial charge in [0.2, 0.25) is 0 Å². The van der Waals surface area contributed by atoms with E-state index in [1.807, 2.05) is 28.8 Å². The fraction of sp³-hybridized carbons (Fsp3) is 0.200. The first kappa shape index (κ1) is 10.4. The predicted molar refractivity (Wildman–Crippen MR) is 62.7 cm³/mol. The number of nitrogens with one attached hydrogen (secondary N) is 1. The Hall–Kier alpha value is -1.13. The van der Waals surface area contributed by atoms with Gasteiger partial charge < -0.3 is 0 Å². The Kier molecular flexibility index (Phi) is 2.88. The van der Waals surface area contributed by atoms with Crippen LogP contribution in [0.2, 0.25) is 5.02 Å². The van der Waals surface area contributed by atoms with Crippen LogP contribution in [0.5, 0.6) is 0 Å². The molecule has 0 saturated carbocycles. The average molecular weight is 240 g/mol. The molecule has 2 aromatic rings. The van der Waals surface area contributed by atoms with Gasteiger partial charge in [0.25, 0.3) is 0 Å². The molecular formula is C10H10ClN3S. The van der Waals surface area contributed by atoms with E-state index in [0.29, 0.717) is 4.77 Å². The minimum atomic E-state index is 0.134. The lowest BCUT2D eigenvalue weighted by Gasteiger charge is -2.12. The van der Waals surface area contributed by atoms with Crippen LogP contribution >= 0.6 is 23.8 Å². The second-order valence-electron chi connectivity index (χ2n) is 3.30. The summed E-state index contributed by atoms with van der Waals surface area (Å²) >= 11 is 11.0. The van der Waals surface area contributed by atoms with Crippen molar-refractivity contribution in [1.82, 2.24) is 14.8 Å². The molecule has 0 bridgehead atoms. The number of aromatic amines is 1. The number of aromatic nitrogens is 3. The van der Waals surface area contributed by atoms with Crippen molar-refractivity contribution in [1.29, 1.82) is 0 Å². The maximum Gasteiger partial charge on any atom is 0.195 e. The number of benzene rings is 1. The van der Waals surface area contributed by atoms with Crippen molar-refractivity contribution in [3.63, 3.8) is 0 Å². The van der Waals surface area contributed by atoms with Crippen molar-refractivity contribution >= 4 is 23.8 Å². The molecule has 1 unspecified atom stereocenters. The molecule has 0 aliphatic heterocycles. The van der Waals surface area contributed by atoms with Gasteiger partial charge in [0.15, 0.2) is 4.77 Å². The van der Waals surface area contributed by atoms with Gasteiger partial charge in [0, 0.05) is 5.02 Å². The first-order chi connectivity index (χ1) is 7.18. The normalized spacial score (nSPS) is 12.7. The smallest absolute Gasteiger partial charge is 0.195 e. The van der Waals surface area contributed by atoms with Gasteiger partial charge in [-0.05, 0) is 36.8 Å². The zero-order chi connectivity index (χ0) is 10.8. The van der Waals surface area contributed by atoms with Crippen LogP contribution in [-0.4, -0.2) is 14.8 Å². The molecule has 0 radical (unpaired) electrons. The van der Waals surface area contributed by atoms with Gasteiger partial charge in [-0.3, -0.25) is 9.67 Å². The highest BCUT2D eigenvalue weighted by Gasteiger charge is 2.08. The van der Waals surface area contributed by atoms with Crippen molar-refractivity contribution in [3.05, 3.63) is 45.9 Å². The van der Waals surface area contributed by atoms with Crippen molar-refractivity contribution in [2.24, 2.45) is 0 Å². The molecule has 1 aromatic carbocycles. The topological polar surface area (TPSA) is 33.6 Å². The van der Waals surface area contributed by atoms with E-state index in [9.17, 15) is 0 Å². The summed E-state index contributed by atoms with van der Waals surface area (Å²) in [6.45, 7) is 2.05. The Morgan fingerprint density at radius 1 is 1.53 bits per heavy atom. The van der Waals surface area contributed by atoms with E-state index in [2.05, 4.69) is 17.1 Å². The predicted octanol–water partition coefficient (Wildman–Crippen LogP) is 3.20. The van der Waals surface area contributed by atoms with Gasteiger partial charge in [-0.15, -0.1) is 0 Å². The third-order valence-electron chi connectivity index (χ3n) is 2.33. The van der Waals surface area contributed by atoms with E-state index in [0.717, 1.165) is 10.6 Å². The summed E-state index contributed by atoms with van der Waals surface area (Å²) in [7, 11) is 0. The van der Waals surface area contributed by atoms with E-state index in [-0.39, 0.29) is 6.04 Å². The Morgan fingerprint density at radius 2 is 2.33 bits per heavy atom.